The van der Waals surface area contributed by atoms with Gasteiger partial charge in [-0.15, -0.1) is 0 Å². The van der Waals surface area contributed by atoms with E-state index in [4.69, 9.17) is 0 Å². The Morgan fingerprint density at radius 1 is 0.950 bits per heavy atom. The first kappa shape index (κ1) is 13.0. The lowest BCUT2D eigenvalue weighted by molar-refractivity contribution is 0.103. The predicted octanol–water partition coefficient (Wildman–Crippen LogP) is 4.46. The maximum Gasteiger partial charge on any atom is 0.193 e. The summed E-state index contributed by atoms with van der Waals surface area (Å²) in [5, 5.41) is 0. The first-order valence-corrected chi connectivity index (χ1v) is 6.75. The van der Waals surface area contributed by atoms with Gasteiger partial charge in [0.15, 0.2) is 17.4 Å². The molecule has 1 aliphatic rings. The number of rotatable bonds is 3. The van der Waals surface area contributed by atoms with Gasteiger partial charge in [0.1, 0.15) is 0 Å². The number of carbonyl (C=O) groups is 1. The number of hydrogen-bond acceptors (Lipinski definition) is 1. The van der Waals surface area contributed by atoms with Crippen LogP contribution in [0.15, 0.2) is 42.5 Å². The van der Waals surface area contributed by atoms with Crippen LogP contribution in [0.4, 0.5) is 8.78 Å². The lowest BCUT2D eigenvalue weighted by Gasteiger charge is -2.26. The molecule has 3 rings (SSSR count). The number of halogens is 2. The maximum atomic E-state index is 13.2. The van der Waals surface area contributed by atoms with Crippen molar-refractivity contribution < 1.29 is 13.6 Å². The summed E-state index contributed by atoms with van der Waals surface area (Å²) >= 11 is 0. The third-order valence-corrected chi connectivity index (χ3v) is 3.91. The fourth-order valence-electron chi connectivity index (χ4n) is 2.48. The molecule has 3 heteroatoms. The molecular weight excluding hydrogens is 258 g/mol. The average Bonchev–Trinajstić information content (AvgIpc) is 2.39. The molecule has 0 amide bonds. The van der Waals surface area contributed by atoms with Gasteiger partial charge in [0.05, 0.1) is 0 Å². The molecule has 1 aliphatic carbocycles. The number of ketones is 1. The second-order valence-corrected chi connectivity index (χ2v) is 5.21. The van der Waals surface area contributed by atoms with Crippen LogP contribution in [0.3, 0.4) is 0 Å². The van der Waals surface area contributed by atoms with Gasteiger partial charge in [0.25, 0.3) is 0 Å². The monoisotopic (exact) mass is 272 g/mol. The highest BCUT2D eigenvalue weighted by molar-refractivity contribution is 6.09. The Morgan fingerprint density at radius 2 is 1.70 bits per heavy atom. The van der Waals surface area contributed by atoms with Crippen LogP contribution in [0.1, 0.15) is 46.7 Å². The average molecular weight is 272 g/mol. The summed E-state index contributed by atoms with van der Waals surface area (Å²) in [5.74, 6) is -1.67. The Kier molecular flexibility index (Phi) is 3.35. The van der Waals surface area contributed by atoms with Gasteiger partial charge in [-0.3, -0.25) is 4.79 Å². The predicted molar refractivity (Wildman–Crippen MR) is 72.8 cm³/mol. The van der Waals surface area contributed by atoms with E-state index in [1.165, 1.54) is 12.5 Å². The molecule has 0 N–H and O–H groups in total. The van der Waals surface area contributed by atoms with Crippen LogP contribution in [0, 0.1) is 11.6 Å². The van der Waals surface area contributed by atoms with Crippen LogP contribution >= 0.6 is 0 Å². The summed E-state index contributed by atoms with van der Waals surface area (Å²) < 4.78 is 26.1. The summed E-state index contributed by atoms with van der Waals surface area (Å²) in [6.45, 7) is 0. The van der Waals surface area contributed by atoms with Crippen LogP contribution in [-0.2, 0) is 0 Å². The lowest BCUT2D eigenvalue weighted by Crippen LogP contribution is -2.10. The van der Waals surface area contributed by atoms with Gasteiger partial charge in [-0.1, -0.05) is 24.6 Å². The summed E-state index contributed by atoms with van der Waals surface area (Å²) in [6, 6.07) is 10.7. The summed E-state index contributed by atoms with van der Waals surface area (Å²) in [5.41, 5.74) is 1.86. The Balaban J connectivity index is 1.91. The molecule has 0 saturated heterocycles. The molecule has 2 aromatic carbocycles. The molecule has 20 heavy (non-hydrogen) atoms. The smallest absolute Gasteiger partial charge is 0.193 e. The molecule has 0 aliphatic heterocycles. The largest absolute Gasteiger partial charge is 0.289 e. The molecule has 0 radical (unpaired) electrons. The molecule has 0 heterocycles. The third kappa shape index (κ3) is 2.36. The van der Waals surface area contributed by atoms with Gasteiger partial charge < -0.3 is 0 Å². The molecular formula is C17H14F2O. The van der Waals surface area contributed by atoms with Crippen LogP contribution in [0.2, 0.25) is 0 Å². The van der Waals surface area contributed by atoms with E-state index in [9.17, 15) is 13.6 Å². The number of carbonyl (C=O) groups excluding carboxylic acids is 1. The molecule has 0 bridgehead atoms. The van der Waals surface area contributed by atoms with Gasteiger partial charge in [-0.25, -0.2) is 8.78 Å². The third-order valence-electron chi connectivity index (χ3n) is 3.91. The van der Waals surface area contributed by atoms with Crippen molar-refractivity contribution in [1.82, 2.24) is 0 Å². The molecule has 2 aromatic rings. The summed E-state index contributed by atoms with van der Waals surface area (Å²) in [6.07, 6.45) is 3.54. The van der Waals surface area contributed by atoms with Crippen molar-refractivity contribution in [3.63, 3.8) is 0 Å². The van der Waals surface area contributed by atoms with E-state index < -0.39 is 11.6 Å². The first-order chi connectivity index (χ1) is 9.65. The van der Waals surface area contributed by atoms with E-state index in [1.54, 1.807) is 6.07 Å². The first-order valence-electron chi connectivity index (χ1n) is 6.75. The zero-order valence-electron chi connectivity index (χ0n) is 10.9. The van der Waals surface area contributed by atoms with Crippen LogP contribution in [0.5, 0.6) is 0 Å². The van der Waals surface area contributed by atoms with E-state index in [1.807, 2.05) is 18.2 Å². The van der Waals surface area contributed by atoms with Gasteiger partial charge in [0, 0.05) is 11.1 Å². The molecule has 0 spiro atoms. The highest BCUT2D eigenvalue weighted by Crippen LogP contribution is 2.36. The van der Waals surface area contributed by atoms with Gasteiger partial charge in [-0.2, -0.15) is 0 Å². The highest BCUT2D eigenvalue weighted by Gasteiger charge is 2.20. The minimum absolute atomic E-state index is 0.176. The zero-order chi connectivity index (χ0) is 14.1. The van der Waals surface area contributed by atoms with E-state index in [2.05, 4.69) is 0 Å². The summed E-state index contributed by atoms with van der Waals surface area (Å²) in [4.78, 5) is 12.3. The molecule has 0 atom stereocenters. The fraction of sp³-hybridized carbons (Fsp3) is 0.235. The normalized spacial score (nSPS) is 14.9. The molecule has 0 unspecified atom stereocenters. The molecule has 1 nitrogen and oxygen atoms in total. The zero-order valence-corrected chi connectivity index (χ0v) is 10.9. The fourth-order valence-corrected chi connectivity index (χ4v) is 2.48. The van der Waals surface area contributed by atoms with E-state index in [0.717, 1.165) is 30.5 Å². The molecule has 1 fully saturated rings. The minimum atomic E-state index is -0.994. The Bertz CT molecular complexity index is 660. The standard InChI is InChI=1S/C17H14F2O/c18-15-8-7-14(10-16(15)19)17(20)13-6-2-5-12(9-13)11-3-1-4-11/h2,5-11H,1,3-4H2. The second kappa shape index (κ2) is 5.16. The van der Waals surface area contributed by atoms with Crippen molar-refractivity contribution in [3.8, 4) is 0 Å². The van der Waals surface area contributed by atoms with E-state index in [-0.39, 0.29) is 11.3 Å². The highest BCUT2D eigenvalue weighted by atomic mass is 19.2. The van der Waals surface area contributed by atoms with Crippen molar-refractivity contribution in [2.24, 2.45) is 0 Å². The van der Waals surface area contributed by atoms with Crippen molar-refractivity contribution in [1.29, 1.82) is 0 Å². The number of benzene rings is 2. The van der Waals surface area contributed by atoms with Crippen LogP contribution in [-0.4, -0.2) is 5.78 Å². The van der Waals surface area contributed by atoms with Gasteiger partial charge in [-0.05, 0) is 48.6 Å². The molecule has 1 saturated carbocycles. The van der Waals surface area contributed by atoms with Crippen molar-refractivity contribution in [2.75, 3.05) is 0 Å². The molecule has 102 valence electrons. The van der Waals surface area contributed by atoms with Crippen LogP contribution < -0.4 is 0 Å². The number of hydrogen-bond donors (Lipinski definition) is 0. The van der Waals surface area contributed by atoms with Crippen LogP contribution in [0.25, 0.3) is 0 Å². The topological polar surface area (TPSA) is 17.1 Å². The Labute approximate surface area is 116 Å². The van der Waals surface area contributed by atoms with Gasteiger partial charge >= 0.3 is 0 Å². The SMILES string of the molecule is O=C(c1cccc(C2CCC2)c1)c1ccc(F)c(F)c1. The van der Waals surface area contributed by atoms with E-state index in [0.29, 0.717) is 11.5 Å². The summed E-state index contributed by atoms with van der Waals surface area (Å²) in [7, 11) is 0. The van der Waals surface area contributed by atoms with E-state index >= 15 is 0 Å². The van der Waals surface area contributed by atoms with Crippen molar-refractivity contribution >= 4 is 5.78 Å². The second-order valence-electron chi connectivity index (χ2n) is 5.21. The Hall–Kier alpha value is -2.03. The maximum absolute atomic E-state index is 13.2. The van der Waals surface area contributed by atoms with Crippen molar-refractivity contribution in [3.05, 3.63) is 70.8 Å². The lowest BCUT2D eigenvalue weighted by atomic mass is 9.79. The minimum Gasteiger partial charge on any atom is -0.289 e. The molecule has 0 aromatic heterocycles. The van der Waals surface area contributed by atoms with Crippen molar-refractivity contribution in [2.45, 2.75) is 25.2 Å². The van der Waals surface area contributed by atoms with Gasteiger partial charge in [0.2, 0.25) is 0 Å². The quantitative estimate of drug-likeness (QED) is 0.754. The Morgan fingerprint density at radius 3 is 2.35 bits per heavy atom.